The minimum absolute atomic E-state index is 0.00630. The molecular weight excluding hydrogens is 314 g/mol. The molecule has 0 saturated carbocycles. The first-order valence-electron chi connectivity index (χ1n) is 6.79. The molecule has 1 unspecified atom stereocenters. The van der Waals surface area contributed by atoms with E-state index >= 15 is 0 Å². The standard InChI is InChI=1S/C14H18ClNO4S/c1-10-4-5-13(12(15)7-10)21(19,20)16-6-2-3-11(9-16)8-14(17)18/h4-5,7,11H,2-3,6,8-9H2,1H3,(H,17,18). The molecule has 0 radical (unpaired) electrons. The van der Waals surface area contributed by atoms with Gasteiger partial charge in [0.1, 0.15) is 4.90 Å². The highest BCUT2D eigenvalue weighted by Gasteiger charge is 2.32. The van der Waals surface area contributed by atoms with Gasteiger partial charge in [0, 0.05) is 19.5 Å². The van der Waals surface area contributed by atoms with Crippen LogP contribution in [0.1, 0.15) is 24.8 Å². The minimum Gasteiger partial charge on any atom is -0.481 e. The summed E-state index contributed by atoms with van der Waals surface area (Å²) in [7, 11) is -3.67. The third kappa shape index (κ3) is 3.75. The van der Waals surface area contributed by atoms with Crippen LogP contribution in [0.3, 0.4) is 0 Å². The summed E-state index contributed by atoms with van der Waals surface area (Å²) >= 11 is 6.05. The van der Waals surface area contributed by atoms with Crippen LogP contribution >= 0.6 is 11.6 Å². The maximum absolute atomic E-state index is 12.6. The van der Waals surface area contributed by atoms with Gasteiger partial charge in [-0.05, 0) is 43.4 Å². The van der Waals surface area contributed by atoms with Crippen LogP contribution < -0.4 is 0 Å². The van der Waals surface area contributed by atoms with Gasteiger partial charge in [0.15, 0.2) is 0 Å². The molecule has 0 bridgehead atoms. The first kappa shape index (κ1) is 16.3. The molecular formula is C14H18ClNO4S. The van der Waals surface area contributed by atoms with Gasteiger partial charge in [-0.2, -0.15) is 4.31 Å². The average Bonchev–Trinajstić information content (AvgIpc) is 2.37. The van der Waals surface area contributed by atoms with Crippen molar-refractivity contribution in [1.29, 1.82) is 0 Å². The topological polar surface area (TPSA) is 74.7 Å². The number of hydrogen-bond acceptors (Lipinski definition) is 3. The van der Waals surface area contributed by atoms with Gasteiger partial charge in [0.05, 0.1) is 5.02 Å². The van der Waals surface area contributed by atoms with Gasteiger partial charge in [-0.25, -0.2) is 8.42 Å². The first-order valence-corrected chi connectivity index (χ1v) is 8.60. The number of aliphatic carboxylic acids is 1. The van der Waals surface area contributed by atoms with E-state index in [4.69, 9.17) is 16.7 Å². The van der Waals surface area contributed by atoms with E-state index in [1.54, 1.807) is 12.1 Å². The SMILES string of the molecule is Cc1ccc(S(=O)(=O)N2CCCC(CC(=O)O)C2)c(Cl)c1. The monoisotopic (exact) mass is 331 g/mol. The van der Waals surface area contributed by atoms with E-state index < -0.39 is 16.0 Å². The third-order valence-electron chi connectivity index (χ3n) is 3.65. The fourth-order valence-electron chi connectivity index (χ4n) is 2.61. The highest BCUT2D eigenvalue weighted by molar-refractivity contribution is 7.89. The molecule has 1 aromatic rings. The lowest BCUT2D eigenvalue weighted by atomic mass is 9.96. The summed E-state index contributed by atoms with van der Waals surface area (Å²) in [5, 5.41) is 9.06. The molecule has 0 aromatic heterocycles. The Bertz CT molecular complexity index is 644. The number of carboxylic acids is 1. The van der Waals surface area contributed by atoms with Crippen molar-refractivity contribution in [1.82, 2.24) is 4.31 Å². The Morgan fingerprint density at radius 1 is 1.48 bits per heavy atom. The van der Waals surface area contributed by atoms with Crippen LogP contribution in [0.25, 0.3) is 0 Å². The molecule has 1 fully saturated rings. The zero-order valence-corrected chi connectivity index (χ0v) is 13.3. The van der Waals surface area contributed by atoms with Crippen LogP contribution in [0.5, 0.6) is 0 Å². The van der Waals surface area contributed by atoms with Crippen LogP contribution in [0.4, 0.5) is 0 Å². The number of hydrogen-bond donors (Lipinski definition) is 1. The van der Waals surface area contributed by atoms with E-state index in [2.05, 4.69) is 0 Å². The van der Waals surface area contributed by atoms with Crippen LogP contribution in [0, 0.1) is 12.8 Å². The second-order valence-electron chi connectivity index (χ2n) is 5.40. The lowest BCUT2D eigenvalue weighted by Crippen LogP contribution is -2.40. The van der Waals surface area contributed by atoms with Crippen molar-refractivity contribution in [2.24, 2.45) is 5.92 Å². The summed E-state index contributed by atoms with van der Waals surface area (Å²) in [4.78, 5) is 10.9. The van der Waals surface area contributed by atoms with Gasteiger partial charge < -0.3 is 5.11 Å². The van der Waals surface area contributed by atoms with E-state index in [1.165, 1.54) is 10.4 Å². The number of aryl methyl sites for hydroxylation is 1. The van der Waals surface area contributed by atoms with Crippen LogP contribution in [0.15, 0.2) is 23.1 Å². The molecule has 0 amide bonds. The minimum atomic E-state index is -3.67. The van der Waals surface area contributed by atoms with Crippen molar-refractivity contribution in [3.8, 4) is 0 Å². The second kappa shape index (κ2) is 6.34. The molecule has 116 valence electrons. The number of rotatable bonds is 4. The zero-order chi connectivity index (χ0) is 15.6. The van der Waals surface area contributed by atoms with Crippen molar-refractivity contribution in [2.45, 2.75) is 31.1 Å². The number of nitrogens with zero attached hydrogens (tertiary/aromatic N) is 1. The fraction of sp³-hybridized carbons (Fsp3) is 0.500. The number of piperidine rings is 1. The molecule has 1 N–H and O–H groups in total. The van der Waals surface area contributed by atoms with Crippen molar-refractivity contribution < 1.29 is 18.3 Å². The Labute approximate surface area is 129 Å². The second-order valence-corrected chi connectivity index (χ2v) is 7.72. The predicted octanol–water partition coefficient (Wildman–Crippen LogP) is 2.52. The molecule has 1 atom stereocenters. The van der Waals surface area contributed by atoms with E-state index in [-0.39, 0.29) is 28.8 Å². The normalized spacial score (nSPS) is 20.4. The van der Waals surface area contributed by atoms with Gasteiger partial charge in [-0.3, -0.25) is 4.79 Å². The molecule has 1 aromatic carbocycles. The van der Waals surface area contributed by atoms with Gasteiger partial charge in [-0.1, -0.05) is 17.7 Å². The zero-order valence-electron chi connectivity index (χ0n) is 11.8. The quantitative estimate of drug-likeness (QED) is 0.920. The Morgan fingerprint density at radius 2 is 2.19 bits per heavy atom. The fourth-order valence-corrected chi connectivity index (χ4v) is 4.74. The number of halogens is 1. The summed E-state index contributed by atoms with van der Waals surface area (Å²) in [6.07, 6.45) is 1.40. The maximum Gasteiger partial charge on any atom is 0.303 e. The van der Waals surface area contributed by atoms with Crippen LogP contribution in [-0.4, -0.2) is 36.9 Å². The molecule has 21 heavy (non-hydrogen) atoms. The number of benzene rings is 1. The molecule has 0 spiro atoms. The van der Waals surface area contributed by atoms with Crippen LogP contribution in [-0.2, 0) is 14.8 Å². The number of sulfonamides is 1. The summed E-state index contributed by atoms with van der Waals surface area (Å²) in [6.45, 7) is 2.48. The van der Waals surface area contributed by atoms with Crippen molar-refractivity contribution in [3.63, 3.8) is 0 Å². The molecule has 2 rings (SSSR count). The van der Waals surface area contributed by atoms with E-state index in [1.807, 2.05) is 6.92 Å². The molecule has 0 aliphatic carbocycles. The van der Waals surface area contributed by atoms with Crippen molar-refractivity contribution >= 4 is 27.6 Å². The summed E-state index contributed by atoms with van der Waals surface area (Å²) in [6, 6.07) is 4.83. The highest BCUT2D eigenvalue weighted by Crippen LogP contribution is 2.29. The molecule has 1 aliphatic heterocycles. The summed E-state index contributed by atoms with van der Waals surface area (Å²) < 4.78 is 26.6. The van der Waals surface area contributed by atoms with Gasteiger partial charge in [0.25, 0.3) is 0 Å². The highest BCUT2D eigenvalue weighted by atomic mass is 35.5. The smallest absolute Gasteiger partial charge is 0.303 e. The van der Waals surface area contributed by atoms with Gasteiger partial charge >= 0.3 is 5.97 Å². The average molecular weight is 332 g/mol. The molecule has 1 saturated heterocycles. The summed E-state index contributed by atoms with van der Waals surface area (Å²) in [5.74, 6) is -1.04. The summed E-state index contributed by atoms with van der Waals surface area (Å²) in [5.41, 5.74) is 0.890. The Hall–Kier alpha value is -1.11. The molecule has 1 aliphatic rings. The van der Waals surface area contributed by atoms with Crippen LogP contribution in [0.2, 0.25) is 5.02 Å². The largest absolute Gasteiger partial charge is 0.481 e. The lowest BCUT2D eigenvalue weighted by molar-refractivity contribution is -0.138. The number of carboxylic acid groups (broad SMARTS) is 1. The van der Waals surface area contributed by atoms with Gasteiger partial charge in [-0.15, -0.1) is 0 Å². The van der Waals surface area contributed by atoms with E-state index in [9.17, 15) is 13.2 Å². The van der Waals surface area contributed by atoms with Gasteiger partial charge in [0.2, 0.25) is 10.0 Å². The maximum atomic E-state index is 12.6. The Kier molecular flexibility index (Phi) is 4.91. The van der Waals surface area contributed by atoms with E-state index in [0.29, 0.717) is 13.0 Å². The lowest BCUT2D eigenvalue weighted by Gasteiger charge is -2.31. The Balaban J connectivity index is 2.24. The van der Waals surface area contributed by atoms with Crippen molar-refractivity contribution in [2.75, 3.05) is 13.1 Å². The molecule has 7 heteroatoms. The first-order chi connectivity index (χ1) is 9.80. The molecule has 1 heterocycles. The Morgan fingerprint density at radius 3 is 2.81 bits per heavy atom. The van der Waals surface area contributed by atoms with Crippen molar-refractivity contribution in [3.05, 3.63) is 28.8 Å². The number of carbonyl (C=O) groups is 1. The molecule has 5 nitrogen and oxygen atoms in total. The van der Waals surface area contributed by atoms with E-state index in [0.717, 1.165) is 12.0 Å². The predicted molar refractivity (Wildman–Crippen MR) is 79.9 cm³/mol. The third-order valence-corrected chi connectivity index (χ3v) is 6.00.